The molecular formula is C19H20N4O. The highest BCUT2D eigenvalue weighted by Gasteiger charge is 2.14. The van der Waals surface area contributed by atoms with Gasteiger partial charge in [0.2, 0.25) is 11.8 Å². The maximum atomic E-state index is 9.52. The Morgan fingerprint density at radius 3 is 2.50 bits per heavy atom. The predicted molar refractivity (Wildman–Crippen MR) is 95.4 cm³/mol. The second kappa shape index (κ2) is 6.28. The summed E-state index contributed by atoms with van der Waals surface area (Å²) in [7, 11) is 0. The Balaban J connectivity index is 1.88. The van der Waals surface area contributed by atoms with Crippen LogP contribution in [0.25, 0.3) is 11.3 Å². The maximum absolute atomic E-state index is 9.52. The number of nitrogens with zero attached hydrogens (tertiary/aromatic N) is 3. The van der Waals surface area contributed by atoms with E-state index < -0.39 is 0 Å². The molecular weight excluding hydrogens is 300 g/mol. The van der Waals surface area contributed by atoms with Crippen LogP contribution in [0.3, 0.4) is 0 Å². The zero-order chi connectivity index (χ0) is 17.2. The van der Waals surface area contributed by atoms with Gasteiger partial charge in [-0.1, -0.05) is 32.9 Å². The average Bonchev–Trinajstić information content (AvgIpc) is 2.55. The molecule has 2 heterocycles. The molecule has 0 aliphatic rings. The van der Waals surface area contributed by atoms with Crippen LogP contribution in [0, 0.1) is 0 Å². The van der Waals surface area contributed by atoms with E-state index in [0.29, 0.717) is 5.95 Å². The number of pyridine rings is 1. The van der Waals surface area contributed by atoms with Crippen LogP contribution in [0.5, 0.6) is 5.88 Å². The molecule has 2 N–H and O–H groups in total. The van der Waals surface area contributed by atoms with Crippen LogP contribution in [0.1, 0.15) is 26.3 Å². The average molecular weight is 320 g/mol. The molecule has 0 amide bonds. The number of aromatic nitrogens is 3. The smallest absolute Gasteiger partial charge is 0.227 e. The van der Waals surface area contributed by atoms with E-state index in [4.69, 9.17) is 0 Å². The molecule has 0 radical (unpaired) electrons. The van der Waals surface area contributed by atoms with Crippen molar-refractivity contribution >= 4 is 11.6 Å². The molecule has 0 bridgehead atoms. The Bertz CT molecular complexity index is 856. The highest BCUT2D eigenvalue weighted by Crippen LogP contribution is 2.26. The van der Waals surface area contributed by atoms with Crippen molar-refractivity contribution < 1.29 is 5.11 Å². The molecule has 0 atom stereocenters. The quantitative estimate of drug-likeness (QED) is 0.753. The third kappa shape index (κ3) is 3.68. The van der Waals surface area contributed by atoms with Crippen LogP contribution < -0.4 is 5.32 Å². The zero-order valence-corrected chi connectivity index (χ0v) is 14.0. The molecule has 0 saturated carbocycles. The van der Waals surface area contributed by atoms with Gasteiger partial charge in [0.1, 0.15) is 0 Å². The minimum atomic E-state index is -0.0292. The fourth-order valence-corrected chi connectivity index (χ4v) is 2.35. The first-order valence-corrected chi connectivity index (χ1v) is 7.78. The van der Waals surface area contributed by atoms with Gasteiger partial charge >= 0.3 is 0 Å². The van der Waals surface area contributed by atoms with E-state index in [1.807, 2.05) is 12.1 Å². The van der Waals surface area contributed by atoms with Gasteiger partial charge in [-0.15, -0.1) is 0 Å². The van der Waals surface area contributed by atoms with E-state index in [0.717, 1.165) is 16.9 Å². The number of anilines is 2. The van der Waals surface area contributed by atoms with Crippen molar-refractivity contribution in [2.75, 3.05) is 5.32 Å². The van der Waals surface area contributed by atoms with Gasteiger partial charge in [-0.25, -0.2) is 15.0 Å². The second-order valence-electron chi connectivity index (χ2n) is 6.62. The molecule has 1 aromatic carbocycles. The van der Waals surface area contributed by atoms with Crippen LogP contribution in [0.15, 0.2) is 54.9 Å². The number of rotatable bonds is 3. The van der Waals surface area contributed by atoms with Gasteiger partial charge in [-0.3, -0.25) is 0 Å². The summed E-state index contributed by atoms with van der Waals surface area (Å²) in [6, 6.07) is 13.4. The van der Waals surface area contributed by atoms with Gasteiger partial charge in [-0.2, -0.15) is 0 Å². The van der Waals surface area contributed by atoms with Gasteiger partial charge in [-0.05, 0) is 35.2 Å². The summed E-state index contributed by atoms with van der Waals surface area (Å²) in [4.78, 5) is 12.6. The molecule has 3 rings (SSSR count). The lowest BCUT2D eigenvalue weighted by molar-refractivity contribution is 0.454. The number of hydrogen-bond acceptors (Lipinski definition) is 5. The van der Waals surface area contributed by atoms with Gasteiger partial charge < -0.3 is 10.4 Å². The molecule has 0 aliphatic carbocycles. The lowest BCUT2D eigenvalue weighted by atomic mass is 9.87. The Kier molecular flexibility index (Phi) is 4.16. The summed E-state index contributed by atoms with van der Waals surface area (Å²) in [5.74, 6) is 0.480. The number of aromatic hydroxyl groups is 1. The van der Waals surface area contributed by atoms with Crippen molar-refractivity contribution in [2.24, 2.45) is 0 Å². The molecule has 24 heavy (non-hydrogen) atoms. The van der Waals surface area contributed by atoms with Crippen molar-refractivity contribution in [3.63, 3.8) is 0 Å². The maximum Gasteiger partial charge on any atom is 0.227 e. The van der Waals surface area contributed by atoms with Crippen molar-refractivity contribution in [1.29, 1.82) is 0 Å². The summed E-state index contributed by atoms with van der Waals surface area (Å²) in [5, 5.41) is 12.8. The molecule has 5 nitrogen and oxygen atoms in total. The van der Waals surface area contributed by atoms with Crippen molar-refractivity contribution in [2.45, 2.75) is 26.2 Å². The molecule has 0 spiro atoms. The molecule has 2 aromatic heterocycles. The first kappa shape index (κ1) is 15.9. The highest BCUT2D eigenvalue weighted by molar-refractivity contribution is 5.62. The normalized spacial score (nSPS) is 11.3. The standard InChI is InChI=1S/C19H20N4O/c1-19(2,3)14-5-4-6-15(12-14)22-18-21-10-8-16(23-18)13-7-9-20-17(24)11-13/h4-12H,1-3H3,(H,20,24)(H,21,22,23). The topological polar surface area (TPSA) is 70.9 Å². The molecule has 0 fully saturated rings. The van der Waals surface area contributed by atoms with E-state index in [2.05, 4.69) is 53.2 Å². The molecule has 0 aliphatic heterocycles. The number of nitrogens with one attached hydrogen (secondary N) is 1. The summed E-state index contributed by atoms with van der Waals surface area (Å²) < 4.78 is 0. The largest absolute Gasteiger partial charge is 0.493 e. The second-order valence-corrected chi connectivity index (χ2v) is 6.62. The predicted octanol–water partition coefficient (Wildman–Crippen LogP) is 4.29. The monoisotopic (exact) mass is 320 g/mol. The first-order chi connectivity index (χ1) is 11.4. The summed E-state index contributed by atoms with van der Waals surface area (Å²) in [6.45, 7) is 6.54. The molecule has 122 valence electrons. The van der Waals surface area contributed by atoms with Crippen LogP contribution >= 0.6 is 0 Å². The van der Waals surface area contributed by atoms with Crippen LogP contribution in [0.2, 0.25) is 0 Å². The molecule has 0 saturated heterocycles. The fourth-order valence-electron chi connectivity index (χ4n) is 2.35. The Morgan fingerprint density at radius 1 is 0.958 bits per heavy atom. The van der Waals surface area contributed by atoms with E-state index in [9.17, 15) is 5.11 Å². The van der Waals surface area contributed by atoms with Crippen LogP contribution in [-0.4, -0.2) is 20.1 Å². The van der Waals surface area contributed by atoms with Crippen LogP contribution in [-0.2, 0) is 5.41 Å². The Labute approximate surface area is 141 Å². The Hall–Kier alpha value is -2.95. The van der Waals surface area contributed by atoms with E-state index in [-0.39, 0.29) is 11.3 Å². The number of hydrogen-bond donors (Lipinski definition) is 2. The van der Waals surface area contributed by atoms with Crippen LogP contribution in [0.4, 0.5) is 11.6 Å². The lowest BCUT2D eigenvalue weighted by Crippen LogP contribution is -2.11. The third-order valence-electron chi connectivity index (χ3n) is 3.68. The van der Waals surface area contributed by atoms with Gasteiger partial charge in [0, 0.05) is 29.7 Å². The molecule has 3 aromatic rings. The summed E-state index contributed by atoms with van der Waals surface area (Å²) in [6.07, 6.45) is 3.24. The minimum absolute atomic E-state index is 0.0292. The summed E-state index contributed by atoms with van der Waals surface area (Å²) in [5.41, 5.74) is 3.77. The minimum Gasteiger partial charge on any atom is -0.493 e. The number of benzene rings is 1. The van der Waals surface area contributed by atoms with E-state index in [1.165, 1.54) is 5.56 Å². The lowest BCUT2D eigenvalue weighted by Gasteiger charge is -2.19. The van der Waals surface area contributed by atoms with Gasteiger partial charge in [0.15, 0.2) is 0 Å². The van der Waals surface area contributed by atoms with E-state index >= 15 is 0 Å². The van der Waals surface area contributed by atoms with Gasteiger partial charge in [0.25, 0.3) is 0 Å². The first-order valence-electron chi connectivity index (χ1n) is 7.78. The molecule has 0 unspecified atom stereocenters. The fraction of sp³-hybridized carbons (Fsp3) is 0.211. The SMILES string of the molecule is CC(C)(C)c1cccc(Nc2nccc(-c3ccnc(O)c3)n2)c1. The summed E-state index contributed by atoms with van der Waals surface area (Å²) >= 11 is 0. The molecule has 5 heteroatoms. The van der Waals surface area contributed by atoms with Gasteiger partial charge in [0.05, 0.1) is 5.69 Å². The Morgan fingerprint density at radius 2 is 1.75 bits per heavy atom. The van der Waals surface area contributed by atoms with E-state index in [1.54, 1.807) is 30.6 Å². The third-order valence-corrected chi connectivity index (χ3v) is 3.68. The van der Waals surface area contributed by atoms with Crippen molar-refractivity contribution in [1.82, 2.24) is 15.0 Å². The van der Waals surface area contributed by atoms with Crippen molar-refractivity contribution in [3.05, 3.63) is 60.4 Å². The zero-order valence-electron chi connectivity index (χ0n) is 14.0. The highest BCUT2D eigenvalue weighted by atomic mass is 16.3. The van der Waals surface area contributed by atoms with Crippen molar-refractivity contribution in [3.8, 4) is 17.1 Å².